The second-order valence-corrected chi connectivity index (χ2v) is 4.69. The molecule has 2 aromatic heterocycles. The predicted octanol–water partition coefficient (Wildman–Crippen LogP) is 1.75. The number of nitrogens with zero attached hydrogens (tertiary/aromatic N) is 2. The zero-order valence-corrected chi connectivity index (χ0v) is 11.1. The first kappa shape index (κ1) is 12.3. The molecule has 3 aromatic rings. The molecule has 0 spiro atoms. The van der Waals surface area contributed by atoms with E-state index in [4.69, 9.17) is 5.73 Å². The number of hydrogen-bond acceptors (Lipinski definition) is 3. The van der Waals surface area contributed by atoms with Crippen LogP contribution in [0.2, 0.25) is 0 Å². The highest BCUT2D eigenvalue weighted by Gasteiger charge is 2.16. The van der Waals surface area contributed by atoms with Crippen LogP contribution in [0.4, 0.5) is 5.69 Å². The number of carbonyl (C=O) groups excluding carboxylic acids is 1. The van der Waals surface area contributed by atoms with E-state index in [1.165, 1.54) is 0 Å². The van der Waals surface area contributed by atoms with Crippen molar-refractivity contribution < 1.29 is 4.79 Å². The van der Waals surface area contributed by atoms with Crippen LogP contribution in [0.15, 0.2) is 36.7 Å². The number of carbonyl (C=O) groups is 1. The Morgan fingerprint density at radius 1 is 1.45 bits per heavy atom. The molecule has 2 heterocycles. The van der Waals surface area contributed by atoms with Crippen molar-refractivity contribution in [1.29, 1.82) is 0 Å². The Morgan fingerprint density at radius 2 is 2.30 bits per heavy atom. The van der Waals surface area contributed by atoms with Crippen LogP contribution in [-0.2, 0) is 6.54 Å². The average Bonchev–Trinajstić information content (AvgIpc) is 3.07. The molecule has 0 aliphatic heterocycles. The Morgan fingerprint density at radius 3 is 3.00 bits per heavy atom. The summed E-state index contributed by atoms with van der Waals surface area (Å²) in [7, 11) is 1.74. The maximum absolute atomic E-state index is 12.4. The molecule has 0 saturated carbocycles. The van der Waals surface area contributed by atoms with Gasteiger partial charge in [-0.25, -0.2) is 4.98 Å². The number of nitrogens with two attached hydrogens (primary N) is 1. The van der Waals surface area contributed by atoms with Crippen LogP contribution in [0, 0.1) is 0 Å². The standard InChI is InChI=1S/C14H15N5O/c1-19(8-12-16-5-6-17-12)14(20)11-7-9-3-2-4-10(15)13(9)18-11/h2-7,18H,8,15H2,1H3,(H,16,17). The number of benzene rings is 1. The third-order valence-corrected chi connectivity index (χ3v) is 3.21. The highest BCUT2D eigenvalue weighted by molar-refractivity contribution is 6.00. The molecule has 6 nitrogen and oxygen atoms in total. The van der Waals surface area contributed by atoms with Gasteiger partial charge in [-0.15, -0.1) is 0 Å². The summed E-state index contributed by atoms with van der Waals surface area (Å²) < 4.78 is 0. The van der Waals surface area contributed by atoms with E-state index in [1.54, 1.807) is 30.4 Å². The lowest BCUT2D eigenvalue weighted by Crippen LogP contribution is -2.26. The number of nitrogens with one attached hydrogen (secondary N) is 2. The zero-order chi connectivity index (χ0) is 14.1. The van der Waals surface area contributed by atoms with Crippen LogP contribution >= 0.6 is 0 Å². The molecule has 0 atom stereocenters. The van der Waals surface area contributed by atoms with E-state index in [1.807, 2.05) is 18.2 Å². The Hall–Kier alpha value is -2.76. The zero-order valence-electron chi connectivity index (χ0n) is 11.1. The smallest absolute Gasteiger partial charge is 0.270 e. The molecule has 1 aromatic carbocycles. The fourth-order valence-corrected chi connectivity index (χ4v) is 2.18. The van der Waals surface area contributed by atoms with Crippen molar-refractivity contribution in [3.63, 3.8) is 0 Å². The number of fused-ring (bicyclic) bond motifs is 1. The van der Waals surface area contributed by atoms with Gasteiger partial charge < -0.3 is 20.6 Å². The van der Waals surface area contributed by atoms with Crippen LogP contribution in [0.3, 0.4) is 0 Å². The molecular formula is C14H15N5O. The van der Waals surface area contributed by atoms with Gasteiger partial charge >= 0.3 is 0 Å². The Bertz CT molecular complexity index is 744. The number of anilines is 1. The van der Waals surface area contributed by atoms with E-state index in [2.05, 4.69) is 15.0 Å². The third kappa shape index (κ3) is 2.11. The van der Waals surface area contributed by atoms with Gasteiger partial charge in [-0.3, -0.25) is 4.79 Å². The summed E-state index contributed by atoms with van der Waals surface area (Å²) in [5.74, 6) is 0.647. The van der Waals surface area contributed by atoms with Crippen LogP contribution in [0.25, 0.3) is 10.9 Å². The van der Waals surface area contributed by atoms with Gasteiger partial charge in [0.05, 0.1) is 17.7 Å². The fraction of sp³-hybridized carbons (Fsp3) is 0.143. The van der Waals surface area contributed by atoms with Gasteiger partial charge in [0, 0.05) is 24.8 Å². The molecule has 0 saturated heterocycles. The fourth-order valence-electron chi connectivity index (χ4n) is 2.18. The van der Waals surface area contributed by atoms with Gasteiger partial charge in [-0.05, 0) is 12.1 Å². The van der Waals surface area contributed by atoms with Crippen molar-refractivity contribution in [2.45, 2.75) is 6.54 Å². The largest absolute Gasteiger partial charge is 0.397 e. The first-order chi connectivity index (χ1) is 9.65. The van der Waals surface area contributed by atoms with E-state index in [-0.39, 0.29) is 5.91 Å². The van der Waals surface area contributed by atoms with Crippen LogP contribution < -0.4 is 5.73 Å². The van der Waals surface area contributed by atoms with Gasteiger partial charge in [-0.2, -0.15) is 0 Å². The number of aromatic amines is 2. The van der Waals surface area contributed by atoms with Crippen molar-refractivity contribution in [2.75, 3.05) is 12.8 Å². The van der Waals surface area contributed by atoms with Gasteiger partial charge in [0.15, 0.2) is 0 Å². The molecule has 0 radical (unpaired) electrons. The minimum absolute atomic E-state index is 0.1000. The highest BCUT2D eigenvalue weighted by atomic mass is 16.2. The van der Waals surface area contributed by atoms with Gasteiger partial charge in [0.1, 0.15) is 11.5 Å². The van der Waals surface area contributed by atoms with E-state index in [0.717, 1.165) is 16.7 Å². The summed E-state index contributed by atoms with van der Waals surface area (Å²) in [6.45, 7) is 0.427. The number of hydrogen-bond donors (Lipinski definition) is 3. The number of aromatic nitrogens is 3. The Labute approximate surface area is 115 Å². The lowest BCUT2D eigenvalue weighted by Gasteiger charge is -2.14. The molecule has 0 aliphatic rings. The van der Waals surface area contributed by atoms with Crippen LogP contribution in [0.5, 0.6) is 0 Å². The summed E-state index contributed by atoms with van der Waals surface area (Å²) in [6.07, 6.45) is 3.40. The third-order valence-electron chi connectivity index (χ3n) is 3.21. The maximum atomic E-state index is 12.4. The predicted molar refractivity (Wildman–Crippen MR) is 77.1 cm³/mol. The van der Waals surface area contributed by atoms with Gasteiger partial charge in [0.25, 0.3) is 5.91 Å². The molecule has 6 heteroatoms. The number of para-hydroxylation sites is 1. The Kier molecular flexibility index (Phi) is 2.90. The lowest BCUT2D eigenvalue weighted by atomic mass is 10.2. The normalized spacial score (nSPS) is 10.8. The summed E-state index contributed by atoms with van der Waals surface area (Å²) in [5.41, 5.74) is 7.83. The van der Waals surface area contributed by atoms with Gasteiger partial charge in [-0.1, -0.05) is 12.1 Å². The van der Waals surface area contributed by atoms with Gasteiger partial charge in [0.2, 0.25) is 0 Å². The second kappa shape index (κ2) is 4.73. The lowest BCUT2D eigenvalue weighted by molar-refractivity contribution is 0.0777. The van der Waals surface area contributed by atoms with Crippen molar-refractivity contribution in [1.82, 2.24) is 19.9 Å². The SMILES string of the molecule is CN(Cc1ncc[nH]1)C(=O)c1cc2cccc(N)c2[nH]1. The molecule has 102 valence electrons. The topological polar surface area (TPSA) is 90.8 Å². The maximum Gasteiger partial charge on any atom is 0.270 e. The minimum atomic E-state index is -0.1000. The summed E-state index contributed by atoms with van der Waals surface area (Å²) in [5, 5.41) is 0.930. The summed E-state index contributed by atoms with van der Waals surface area (Å²) in [6, 6.07) is 7.41. The first-order valence-corrected chi connectivity index (χ1v) is 6.26. The number of amides is 1. The molecule has 0 unspecified atom stereocenters. The Balaban J connectivity index is 1.86. The first-order valence-electron chi connectivity index (χ1n) is 6.26. The molecule has 0 aliphatic carbocycles. The van der Waals surface area contributed by atoms with Crippen molar-refractivity contribution in [3.05, 3.63) is 48.2 Å². The van der Waals surface area contributed by atoms with E-state index in [9.17, 15) is 4.79 Å². The number of H-pyrrole nitrogens is 2. The number of nitrogen functional groups attached to an aromatic ring is 1. The number of rotatable bonds is 3. The quantitative estimate of drug-likeness (QED) is 0.632. The molecule has 3 rings (SSSR count). The average molecular weight is 269 g/mol. The monoisotopic (exact) mass is 269 g/mol. The van der Waals surface area contributed by atoms with E-state index >= 15 is 0 Å². The number of imidazole rings is 1. The van der Waals surface area contributed by atoms with Crippen LogP contribution in [-0.4, -0.2) is 32.8 Å². The molecule has 0 fully saturated rings. The van der Waals surface area contributed by atoms with E-state index in [0.29, 0.717) is 17.9 Å². The van der Waals surface area contributed by atoms with Crippen molar-refractivity contribution in [2.24, 2.45) is 0 Å². The van der Waals surface area contributed by atoms with Crippen molar-refractivity contribution in [3.8, 4) is 0 Å². The molecular weight excluding hydrogens is 254 g/mol. The highest BCUT2D eigenvalue weighted by Crippen LogP contribution is 2.21. The molecule has 0 bridgehead atoms. The summed E-state index contributed by atoms with van der Waals surface area (Å²) >= 11 is 0. The minimum Gasteiger partial charge on any atom is -0.397 e. The second-order valence-electron chi connectivity index (χ2n) is 4.69. The molecule has 20 heavy (non-hydrogen) atoms. The van der Waals surface area contributed by atoms with Crippen LogP contribution in [0.1, 0.15) is 16.3 Å². The summed E-state index contributed by atoms with van der Waals surface area (Å²) in [4.78, 5) is 24.1. The van der Waals surface area contributed by atoms with Crippen molar-refractivity contribution >= 4 is 22.5 Å². The molecule has 1 amide bonds. The van der Waals surface area contributed by atoms with E-state index < -0.39 is 0 Å². The molecule has 4 N–H and O–H groups in total.